The predicted octanol–water partition coefficient (Wildman–Crippen LogP) is 2.91. The maximum atomic E-state index is 13.9. The van der Waals surface area contributed by atoms with Crippen molar-refractivity contribution in [3.05, 3.63) is 27.1 Å². The molecule has 0 bridgehead atoms. The summed E-state index contributed by atoms with van der Waals surface area (Å²) < 4.78 is 20.3. The molecule has 0 fully saturated rings. The fourth-order valence-electron chi connectivity index (χ4n) is 1.55. The van der Waals surface area contributed by atoms with E-state index in [2.05, 4.69) is 25.8 Å². The SMILES string of the molecule is COC(=O)c1c(F)c(Cl)c(Br)c2cn(C)nc12. The van der Waals surface area contributed by atoms with Crippen LogP contribution in [0.1, 0.15) is 10.4 Å². The number of hydrogen-bond acceptors (Lipinski definition) is 3. The molecular weight excluding hydrogens is 314 g/mol. The number of nitrogens with zero attached hydrogens (tertiary/aromatic N) is 2. The van der Waals surface area contributed by atoms with Crippen molar-refractivity contribution in [2.24, 2.45) is 7.05 Å². The average molecular weight is 322 g/mol. The zero-order valence-corrected chi connectivity index (χ0v) is 11.3. The normalized spacial score (nSPS) is 10.9. The van der Waals surface area contributed by atoms with Crippen LogP contribution in [0.2, 0.25) is 5.02 Å². The molecule has 2 rings (SSSR count). The molecule has 0 aliphatic carbocycles. The molecule has 2 aromatic rings. The first-order valence-electron chi connectivity index (χ1n) is 4.55. The van der Waals surface area contributed by atoms with E-state index in [0.29, 0.717) is 9.86 Å². The van der Waals surface area contributed by atoms with Gasteiger partial charge in [0.2, 0.25) is 0 Å². The molecule has 0 radical (unpaired) electrons. The van der Waals surface area contributed by atoms with E-state index in [9.17, 15) is 9.18 Å². The number of halogens is 3. The summed E-state index contributed by atoms with van der Waals surface area (Å²) in [6.45, 7) is 0. The first-order chi connectivity index (χ1) is 7.97. The third-order valence-electron chi connectivity index (χ3n) is 2.30. The Bertz CT molecular complexity index is 627. The highest BCUT2D eigenvalue weighted by atomic mass is 79.9. The number of esters is 1. The fraction of sp³-hybridized carbons (Fsp3) is 0.200. The van der Waals surface area contributed by atoms with Gasteiger partial charge in [0.15, 0.2) is 5.82 Å². The standard InChI is InChI=1S/C10H7BrClFN2O2/c1-15-3-4-6(11)7(12)8(13)5(9(4)14-15)10(16)17-2/h3H,1-2H3. The van der Waals surface area contributed by atoms with Crippen LogP contribution in [-0.2, 0) is 11.8 Å². The Hall–Kier alpha value is -1.14. The van der Waals surface area contributed by atoms with Crippen LogP contribution < -0.4 is 0 Å². The van der Waals surface area contributed by atoms with Gasteiger partial charge in [-0.3, -0.25) is 4.68 Å². The molecule has 1 aromatic heterocycles. The fourth-order valence-corrected chi connectivity index (χ4v) is 2.21. The molecule has 0 unspecified atom stereocenters. The summed E-state index contributed by atoms with van der Waals surface area (Å²) in [5.74, 6) is -1.64. The topological polar surface area (TPSA) is 44.1 Å². The number of rotatable bonds is 1. The Balaban J connectivity index is 2.94. The summed E-state index contributed by atoms with van der Waals surface area (Å²) in [5.41, 5.74) is -0.0376. The smallest absolute Gasteiger partial charge is 0.343 e. The van der Waals surface area contributed by atoms with Crippen LogP contribution in [0.4, 0.5) is 4.39 Å². The van der Waals surface area contributed by atoms with Gasteiger partial charge in [0.25, 0.3) is 0 Å². The molecule has 0 saturated carbocycles. The van der Waals surface area contributed by atoms with Crippen molar-refractivity contribution in [1.29, 1.82) is 0 Å². The van der Waals surface area contributed by atoms with Crippen molar-refractivity contribution >= 4 is 44.4 Å². The Morgan fingerprint density at radius 2 is 2.29 bits per heavy atom. The molecule has 0 amide bonds. The van der Waals surface area contributed by atoms with Crippen molar-refractivity contribution in [3.63, 3.8) is 0 Å². The summed E-state index contributed by atoms with van der Waals surface area (Å²) in [4.78, 5) is 11.5. The average Bonchev–Trinajstić information content (AvgIpc) is 2.68. The second-order valence-corrected chi connectivity index (χ2v) is 4.54. The number of benzene rings is 1. The lowest BCUT2D eigenvalue weighted by atomic mass is 10.1. The van der Waals surface area contributed by atoms with Crippen LogP contribution in [0.5, 0.6) is 0 Å². The maximum absolute atomic E-state index is 13.9. The van der Waals surface area contributed by atoms with Crippen LogP contribution in [0.15, 0.2) is 10.7 Å². The monoisotopic (exact) mass is 320 g/mol. The van der Waals surface area contributed by atoms with Gasteiger partial charge in [-0.05, 0) is 15.9 Å². The first kappa shape index (κ1) is 12.3. The molecule has 1 aromatic carbocycles. The molecule has 0 aliphatic rings. The number of carbonyl (C=O) groups is 1. The molecular formula is C10H7BrClFN2O2. The summed E-state index contributed by atoms with van der Waals surface area (Å²) in [5, 5.41) is 4.43. The van der Waals surface area contributed by atoms with Gasteiger partial charge < -0.3 is 4.74 Å². The zero-order chi connectivity index (χ0) is 12.7. The van der Waals surface area contributed by atoms with E-state index in [-0.39, 0.29) is 16.1 Å². The Labute approximate surface area is 109 Å². The van der Waals surface area contributed by atoms with Crippen LogP contribution in [0.3, 0.4) is 0 Å². The van der Waals surface area contributed by atoms with E-state index >= 15 is 0 Å². The van der Waals surface area contributed by atoms with E-state index in [1.165, 1.54) is 11.8 Å². The number of aromatic nitrogens is 2. The van der Waals surface area contributed by atoms with Crippen LogP contribution >= 0.6 is 27.5 Å². The minimum Gasteiger partial charge on any atom is -0.465 e. The van der Waals surface area contributed by atoms with Gasteiger partial charge in [-0.1, -0.05) is 11.6 Å². The minimum atomic E-state index is -0.836. The van der Waals surface area contributed by atoms with Crippen molar-refractivity contribution in [1.82, 2.24) is 9.78 Å². The number of carbonyl (C=O) groups excluding carboxylic acids is 1. The quantitative estimate of drug-likeness (QED) is 0.599. The van der Waals surface area contributed by atoms with E-state index in [1.807, 2.05) is 0 Å². The maximum Gasteiger partial charge on any atom is 0.343 e. The van der Waals surface area contributed by atoms with Crippen LogP contribution in [-0.4, -0.2) is 22.9 Å². The van der Waals surface area contributed by atoms with Gasteiger partial charge in [-0.15, -0.1) is 0 Å². The largest absolute Gasteiger partial charge is 0.465 e. The van der Waals surface area contributed by atoms with Gasteiger partial charge in [0.1, 0.15) is 11.1 Å². The van der Waals surface area contributed by atoms with Crippen molar-refractivity contribution in [2.75, 3.05) is 7.11 Å². The van der Waals surface area contributed by atoms with Gasteiger partial charge in [-0.25, -0.2) is 9.18 Å². The summed E-state index contributed by atoms with van der Waals surface area (Å²) in [7, 11) is 2.84. The van der Waals surface area contributed by atoms with Crippen LogP contribution in [0.25, 0.3) is 10.9 Å². The highest BCUT2D eigenvalue weighted by Crippen LogP contribution is 2.36. The summed E-state index contributed by atoms with van der Waals surface area (Å²) in [6.07, 6.45) is 1.64. The zero-order valence-electron chi connectivity index (χ0n) is 8.92. The molecule has 0 N–H and O–H groups in total. The van der Waals surface area contributed by atoms with Crippen molar-refractivity contribution < 1.29 is 13.9 Å². The highest BCUT2D eigenvalue weighted by molar-refractivity contribution is 9.10. The van der Waals surface area contributed by atoms with Gasteiger partial charge in [0, 0.05) is 18.6 Å². The highest BCUT2D eigenvalue weighted by Gasteiger charge is 2.24. The van der Waals surface area contributed by atoms with Crippen molar-refractivity contribution in [3.8, 4) is 0 Å². The molecule has 7 heteroatoms. The molecule has 0 saturated heterocycles. The summed E-state index contributed by atoms with van der Waals surface area (Å²) >= 11 is 8.98. The number of hydrogen-bond donors (Lipinski definition) is 0. The number of fused-ring (bicyclic) bond motifs is 1. The van der Waals surface area contributed by atoms with Crippen molar-refractivity contribution in [2.45, 2.75) is 0 Å². The van der Waals surface area contributed by atoms with E-state index < -0.39 is 11.8 Å². The lowest BCUT2D eigenvalue weighted by molar-refractivity contribution is 0.0597. The second-order valence-electron chi connectivity index (χ2n) is 3.37. The molecule has 90 valence electrons. The van der Waals surface area contributed by atoms with Gasteiger partial charge >= 0.3 is 5.97 Å². The van der Waals surface area contributed by atoms with Crippen LogP contribution in [0, 0.1) is 5.82 Å². The summed E-state index contributed by atoms with van der Waals surface area (Å²) in [6, 6.07) is 0. The molecule has 0 spiro atoms. The molecule has 4 nitrogen and oxygen atoms in total. The second kappa shape index (κ2) is 4.27. The number of aryl methyl sites for hydroxylation is 1. The van der Waals surface area contributed by atoms with Gasteiger partial charge in [-0.2, -0.15) is 5.10 Å². The Kier molecular flexibility index (Phi) is 3.09. The Morgan fingerprint density at radius 3 is 2.88 bits per heavy atom. The lowest BCUT2D eigenvalue weighted by Crippen LogP contribution is -2.06. The van der Waals surface area contributed by atoms with E-state index in [0.717, 1.165) is 0 Å². The lowest BCUT2D eigenvalue weighted by Gasteiger charge is -2.05. The van der Waals surface area contributed by atoms with E-state index in [1.54, 1.807) is 13.2 Å². The molecule has 0 atom stereocenters. The molecule has 17 heavy (non-hydrogen) atoms. The molecule has 1 heterocycles. The molecule has 0 aliphatic heterocycles. The minimum absolute atomic E-state index is 0.161. The third-order valence-corrected chi connectivity index (χ3v) is 3.70. The Morgan fingerprint density at radius 1 is 1.65 bits per heavy atom. The van der Waals surface area contributed by atoms with E-state index in [4.69, 9.17) is 11.6 Å². The number of methoxy groups -OCH3 is 1. The van der Waals surface area contributed by atoms with Gasteiger partial charge in [0.05, 0.1) is 16.6 Å². The number of ether oxygens (including phenoxy) is 1. The predicted molar refractivity (Wildman–Crippen MR) is 64.7 cm³/mol. The third kappa shape index (κ3) is 1.81. The first-order valence-corrected chi connectivity index (χ1v) is 5.72.